The monoisotopic (exact) mass is 240 g/mol. The molecule has 0 spiro atoms. The van der Waals surface area contributed by atoms with Gasteiger partial charge < -0.3 is 5.32 Å². The van der Waals surface area contributed by atoms with E-state index in [1.165, 1.54) is 55.1 Å². The van der Waals surface area contributed by atoms with Crippen molar-refractivity contribution < 1.29 is 0 Å². The third-order valence-corrected chi connectivity index (χ3v) is 3.92. The van der Waals surface area contributed by atoms with E-state index in [0.717, 1.165) is 5.92 Å². The number of hydrogen-bond acceptors (Lipinski definition) is 2. The highest BCUT2D eigenvalue weighted by Gasteiger charge is 2.12. The Morgan fingerprint density at radius 3 is 3.11 bits per heavy atom. The Hall–Kier alpha value is -1.41. The second-order valence-corrected chi connectivity index (χ2v) is 5.31. The zero-order valence-corrected chi connectivity index (χ0v) is 10.7. The lowest BCUT2D eigenvalue weighted by Gasteiger charge is -2.13. The largest absolute Gasteiger partial charge is 0.317 e. The molecular weight excluding hydrogens is 220 g/mol. The first-order chi connectivity index (χ1) is 8.92. The van der Waals surface area contributed by atoms with Crippen molar-refractivity contribution in [1.29, 1.82) is 0 Å². The fraction of sp³-hybridized carbons (Fsp3) is 0.438. The van der Waals surface area contributed by atoms with E-state index in [0.29, 0.717) is 0 Å². The SMILES string of the molecule is c1cc2cc(CC3CCCNCC3)ccc2cn1. The molecule has 2 nitrogen and oxygen atoms in total. The second-order valence-electron chi connectivity index (χ2n) is 5.31. The van der Waals surface area contributed by atoms with Gasteiger partial charge in [0.05, 0.1) is 0 Å². The van der Waals surface area contributed by atoms with Crippen molar-refractivity contribution >= 4 is 10.8 Å². The molecule has 94 valence electrons. The van der Waals surface area contributed by atoms with Crippen molar-refractivity contribution in [3.63, 3.8) is 0 Å². The van der Waals surface area contributed by atoms with Crippen LogP contribution in [-0.2, 0) is 6.42 Å². The summed E-state index contributed by atoms with van der Waals surface area (Å²) in [7, 11) is 0. The summed E-state index contributed by atoms with van der Waals surface area (Å²) < 4.78 is 0. The Balaban J connectivity index is 1.77. The molecule has 0 saturated carbocycles. The summed E-state index contributed by atoms with van der Waals surface area (Å²) in [6.07, 6.45) is 9.04. The summed E-state index contributed by atoms with van der Waals surface area (Å²) in [5.74, 6) is 0.847. The molecule has 1 aliphatic heterocycles. The Kier molecular flexibility index (Phi) is 3.56. The minimum atomic E-state index is 0.847. The molecule has 1 unspecified atom stereocenters. The summed E-state index contributed by atoms with van der Waals surface area (Å²) in [4.78, 5) is 4.16. The lowest BCUT2D eigenvalue weighted by Crippen LogP contribution is -2.14. The minimum absolute atomic E-state index is 0.847. The number of benzene rings is 1. The summed E-state index contributed by atoms with van der Waals surface area (Å²) >= 11 is 0. The van der Waals surface area contributed by atoms with Crippen molar-refractivity contribution in [2.75, 3.05) is 13.1 Å². The highest BCUT2D eigenvalue weighted by Crippen LogP contribution is 2.22. The van der Waals surface area contributed by atoms with Crippen LogP contribution < -0.4 is 5.32 Å². The van der Waals surface area contributed by atoms with Gasteiger partial charge in [0, 0.05) is 17.8 Å². The molecule has 1 saturated heterocycles. The topological polar surface area (TPSA) is 24.9 Å². The minimum Gasteiger partial charge on any atom is -0.317 e. The number of nitrogens with zero attached hydrogens (tertiary/aromatic N) is 1. The van der Waals surface area contributed by atoms with Crippen molar-refractivity contribution in [3.05, 3.63) is 42.2 Å². The first-order valence-corrected chi connectivity index (χ1v) is 6.95. The molecule has 2 heteroatoms. The molecule has 1 aliphatic rings. The number of rotatable bonds is 2. The van der Waals surface area contributed by atoms with Gasteiger partial charge in [0.1, 0.15) is 0 Å². The molecule has 1 N–H and O–H groups in total. The van der Waals surface area contributed by atoms with Gasteiger partial charge in [-0.25, -0.2) is 0 Å². The molecule has 1 atom stereocenters. The maximum Gasteiger partial charge on any atom is 0.0346 e. The average molecular weight is 240 g/mol. The summed E-state index contributed by atoms with van der Waals surface area (Å²) in [6, 6.07) is 8.90. The van der Waals surface area contributed by atoms with Crippen molar-refractivity contribution in [1.82, 2.24) is 10.3 Å². The van der Waals surface area contributed by atoms with Crippen LogP contribution in [0.5, 0.6) is 0 Å². The van der Waals surface area contributed by atoms with E-state index in [1.807, 2.05) is 12.4 Å². The predicted octanol–water partition coefficient (Wildman–Crippen LogP) is 3.17. The van der Waals surface area contributed by atoms with Gasteiger partial charge in [-0.05, 0) is 61.7 Å². The van der Waals surface area contributed by atoms with E-state index in [1.54, 1.807) is 0 Å². The van der Waals surface area contributed by atoms with Crippen molar-refractivity contribution in [2.24, 2.45) is 5.92 Å². The van der Waals surface area contributed by atoms with E-state index in [2.05, 4.69) is 34.6 Å². The quantitative estimate of drug-likeness (QED) is 0.872. The van der Waals surface area contributed by atoms with Crippen LogP contribution in [-0.4, -0.2) is 18.1 Å². The van der Waals surface area contributed by atoms with Gasteiger partial charge in [0.25, 0.3) is 0 Å². The van der Waals surface area contributed by atoms with Crippen LogP contribution in [0.4, 0.5) is 0 Å². The van der Waals surface area contributed by atoms with Crippen LogP contribution in [0.3, 0.4) is 0 Å². The maximum atomic E-state index is 4.16. The summed E-state index contributed by atoms with van der Waals surface area (Å²) in [5.41, 5.74) is 1.47. The zero-order valence-electron chi connectivity index (χ0n) is 10.7. The highest BCUT2D eigenvalue weighted by atomic mass is 14.8. The second kappa shape index (κ2) is 5.49. The Morgan fingerprint density at radius 1 is 1.11 bits per heavy atom. The molecule has 0 radical (unpaired) electrons. The maximum absolute atomic E-state index is 4.16. The summed E-state index contributed by atoms with van der Waals surface area (Å²) in [6.45, 7) is 2.38. The van der Waals surface area contributed by atoms with Crippen LogP contribution in [0.1, 0.15) is 24.8 Å². The van der Waals surface area contributed by atoms with E-state index < -0.39 is 0 Å². The normalized spacial score (nSPS) is 20.8. The average Bonchev–Trinajstić information content (AvgIpc) is 2.67. The zero-order chi connectivity index (χ0) is 12.2. The van der Waals surface area contributed by atoms with Crippen LogP contribution in [0.15, 0.2) is 36.7 Å². The highest BCUT2D eigenvalue weighted by molar-refractivity contribution is 5.81. The van der Waals surface area contributed by atoms with Gasteiger partial charge in [-0.2, -0.15) is 0 Å². The molecule has 0 amide bonds. The van der Waals surface area contributed by atoms with Gasteiger partial charge in [0.15, 0.2) is 0 Å². The van der Waals surface area contributed by atoms with Gasteiger partial charge >= 0.3 is 0 Å². The Morgan fingerprint density at radius 2 is 2.11 bits per heavy atom. The van der Waals surface area contributed by atoms with Gasteiger partial charge in [0.2, 0.25) is 0 Å². The van der Waals surface area contributed by atoms with Gasteiger partial charge in [-0.1, -0.05) is 18.2 Å². The lowest BCUT2D eigenvalue weighted by molar-refractivity contribution is 0.470. The first kappa shape index (κ1) is 11.7. The van der Waals surface area contributed by atoms with Crippen LogP contribution in [0.2, 0.25) is 0 Å². The lowest BCUT2D eigenvalue weighted by atomic mass is 9.92. The molecule has 3 rings (SSSR count). The first-order valence-electron chi connectivity index (χ1n) is 6.95. The molecule has 2 heterocycles. The molecule has 1 aromatic carbocycles. The van der Waals surface area contributed by atoms with Crippen LogP contribution >= 0.6 is 0 Å². The standard InChI is InChI=1S/C16H20N2/c1-2-13(5-8-17-7-1)10-14-3-4-16-12-18-9-6-15(16)11-14/h3-4,6,9,11-13,17H,1-2,5,7-8,10H2. The number of hydrogen-bond donors (Lipinski definition) is 1. The molecular formula is C16H20N2. The molecule has 2 aromatic rings. The van der Waals surface area contributed by atoms with Crippen LogP contribution in [0.25, 0.3) is 10.8 Å². The van der Waals surface area contributed by atoms with E-state index in [9.17, 15) is 0 Å². The van der Waals surface area contributed by atoms with E-state index in [-0.39, 0.29) is 0 Å². The van der Waals surface area contributed by atoms with Crippen LogP contribution in [0, 0.1) is 5.92 Å². The third kappa shape index (κ3) is 2.70. The van der Waals surface area contributed by atoms with E-state index >= 15 is 0 Å². The summed E-state index contributed by atoms with van der Waals surface area (Å²) in [5, 5.41) is 6.04. The predicted molar refractivity (Wildman–Crippen MR) is 75.7 cm³/mol. The smallest absolute Gasteiger partial charge is 0.0346 e. The number of fused-ring (bicyclic) bond motifs is 1. The number of aromatic nitrogens is 1. The molecule has 0 aliphatic carbocycles. The number of pyridine rings is 1. The van der Waals surface area contributed by atoms with Gasteiger partial charge in [-0.15, -0.1) is 0 Å². The molecule has 1 aromatic heterocycles. The molecule has 1 fully saturated rings. The van der Waals surface area contributed by atoms with Crippen molar-refractivity contribution in [3.8, 4) is 0 Å². The fourth-order valence-electron chi connectivity index (χ4n) is 2.89. The molecule has 0 bridgehead atoms. The number of nitrogens with one attached hydrogen (secondary N) is 1. The molecule has 18 heavy (non-hydrogen) atoms. The van der Waals surface area contributed by atoms with Gasteiger partial charge in [-0.3, -0.25) is 4.98 Å². The Bertz CT molecular complexity index is 513. The Labute approximate surface area is 108 Å². The van der Waals surface area contributed by atoms with Crippen molar-refractivity contribution in [2.45, 2.75) is 25.7 Å². The van der Waals surface area contributed by atoms with E-state index in [4.69, 9.17) is 0 Å². The third-order valence-electron chi connectivity index (χ3n) is 3.92. The fourth-order valence-corrected chi connectivity index (χ4v) is 2.89.